The van der Waals surface area contributed by atoms with Gasteiger partial charge in [0.25, 0.3) is 0 Å². The summed E-state index contributed by atoms with van der Waals surface area (Å²) in [5.41, 5.74) is 1.93. The van der Waals surface area contributed by atoms with Crippen LogP contribution >= 0.6 is 24.4 Å². The molecule has 0 heterocycles. The summed E-state index contributed by atoms with van der Waals surface area (Å²) in [5, 5.41) is 0.725. The number of halogens is 1. The second-order valence-electron chi connectivity index (χ2n) is 2.72. The van der Waals surface area contributed by atoms with E-state index in [1.165, 1.54) is 4.31 Å². The van der Waals surface area contributed by atoms with Gasteiger partial charge in [0.05, 0.1) is 5.69 Å². The minimum atomic E-state index is 0.725. The number of aliphatic imine (C=N–C) groups is 1. The lowest BCUT2D eigenvalue weighted by Gasteiger charge is -2.02. The van der Waals surface area contributed by atoms with Gasteiger partial charge < -0.3 is 0 Å². The van der Waals surface area contributed by atoms with Gasteiger partial charge in [-0.1, -0.05) is 11.6 Å². The van der Waals surface area contributed by atoms with Crippen LogP contribution in [-0.4, -0.2) is 17.7 Å². The van der Waals surface area contributed by atoms with Crippen molar-refractivity contribution in [3.8, 4) is 0 Å². The molecule has 1 rings (SSSR count). The minimum absolute atomic E-state index is 0.725. The first-order valence-electron chi connectivity index (χ1n) is 3.80. The fraction of sp³-hybridized carbons (Fsp3) is 0.222. The molecule has 0 saturated carbocycles. The molecule has 13 heavy (non-hydrogen) atoms. The van der Waals surface area contributed by atoms with E-state index in [1.54, 1.807) is 13.4 Å². The Labute approximate surface area is 88.8 Å². The van der Waals surface area contributed by atoms with E-state index >= 15 is 0 Å². The lowest BCUT2D eigenvalue weighted by molar-refractivity contribution is 0.884. The van der Waals surface area contributed by atoms with E-state index in [0.29, 0.717) is 0 Å². The predicted octanol–water partition coefficient (Wildman–Crippen LogP) is 3.35. The molecule has 0 amide bonds. The molecule has 1 radical (unpaired) electrons. The molecule has 0 saturated heterocycles. The second kappa shape index (κ2) is 4.53. The number of benzene rings is 1. The molecule has 0 atom stereocenters. The molecule has 0 aliphatic carbocycles. The first kappa shape index (κ1) is 10.4. The quantitative estimate of drug-likeness (QED) is 0.544. The van der Waals surface area contributed by atoms with Crippen LogP contribution in [0.25, 0.3) is 0 Å². The Morgan fingerprint density at radius 2 is 2.23 bits per heavy atom. The maximum atomic E-state index is 5.80. The van der Waals surface area contributed by atoms with Gasteiger partial charge in [0.1, 0.15) is 6.34 Å². The number of hydrogen-bond donors (Lipinski definition) is 0. The van der Waals surface area contributed by atoms with Gasteiger partial charge in [0.15, 0.2) is 0 Å². The Bertz CT molecular complexity index is 323. The van der Waals surface area contributed by atoms with Crippen molar-refractivity contribution in [2.45, 2.75) is 6.92 Å². The van der Waals surface area contributed by atoms with Crippen molar-refractivity contribution in [3.05, 3.63) is 28.8 Å². The van der Waals surface area contributed by atoms with E-state index in [2.05, 4.69) is 4.99 Å². The normalized spacial score (nSPS) is 10.8. The number of nitrogens with zero attached hydrogens (tertiary/aromatic N) is 2. The van der Waals surface area contributed by atoms with Crippen LogP contribution in [0.5, 0.6) is 0 Å². The Hall–Kier alpha value is -0.670. The summed E-state index contributed by atoms with van der Waals surface area (Å²) in [6.45, 7) is 1.96. The van der Waals surface area contributed by atoms with E-state index in [4.69, 9.17) is 24.4 Å². The fourth-order valence-corrected chi connectivity index (χ4v) is 1.18. The van der Waals surface area contributed by atoms with Crippen molar-refractivity contribution in [2.75, 3.05) is 7.05 Å². The molecule has 0 aromatic heterocycles. The van der Waals surface area contributed by atoms with Gasteiger partial charge in [0.2, 0.25) is 0 Å². The molecule has 69 valence electrons. The molecule has 0 spiro atoms. The average Bonchev–Trinajstić information content (AvgIpc) is 2.02. The Balaban J connectivity index is 2.90. The van der Waals surface area contributed by atoms with Crippen LogP contribution in [0.4, 0.5) is 5.69 Å². The molecule has 0 aliphatic rings. The summed E-state index contributed by atoms with van der Waals surface area (Å²) in [6, 6.07) is 5.55. The first-order chi connectivity index (χ1) is 6.09. The SMILES string of the molecule is Cc1cc(Cl)ccc1N=CN(C)[S]. The van der Waals surface area contributed by atoms with Crippen LogP contribution in [0.2, 0.25) is 5.02 Å². The van der Waals surface area contributed by atoms with Crippen LogP contribution < -0.4 is 0 Å². The molecule has 4 heteroatoms. The summed E-state index contributed by atoms with van der Waals surface area (Å²) in [5.74, 6) is 0. The first-order valence-corrected chi connectivity index (χ1v) is 4.54. The topological polar surface area (TPSA) is 15.6 Å². The highest BCUT2D eigenvalue weighted by Gasteiger charge is 1.95. The Kier molecular flexibility index (Phi) is 3.63. The van der Waals surface area contributed by atoms with Crippen LogP contribution in [0, 0.1) is 6.92 Å². The van der Waals surface area contributed by atoms with Gasteiger partial charge in [-0.3, -0.25) is 4.31 Å². The van der Waals surface area contributed by atoms with Crippen LogP contribution in [-0.2, 0) is 0 Å². The number of hydrogen-bond acceptors (Lipinski definition) is 1. The van der Waals surface area contributed by atoms with Gasteiger partial charge in [-0.15, -0.1) is 0 Å². The van der Waals surface area contributed by atoms with Gasteiger partial charge in [-0.05, 0) is 30.7 Å². The zero-order valence-electron chi connectivity index (χ0n) is 7.49. The molecule has 0 bridgehead atoms. The van der Waals surface area contributed by atoms with E-state index in [0.717, 1.165) is 16.3 Å². The molecule has 1 aromatic rings. The zero-order valence-corrected chi connectivity index (χ0v) is 9.06. The summed E-state index contributed by atoms with van der Waals surface area (Å²) in [7, 11) is 1.75. The highest BCUT2D eigenvalue weighted by molar-refractivity contribution is 7.78. The lowest BCUT2D eigenvalue weighted by Crippen LogP contribution is -1.99. The van der Waals surface area contributed by atoms with E-state index in [1.807, 2.05) is 25.1 Å². The van der Waals surface area contributed by atoms with E-state index in [9.17, 15) is 0 Å². The molecule has 0 unspecified atom stereocenters. The Morgan fingerprint density at radius 1 is 1.54 bits per heavy atom. The van der Waals surface area contributed by atoms with Crippen molar-refractivity contribution in [2.24, 2.45) is 4.99 Å². The van der Waals surface area contributed by atoms with Crippen LogP contribution in [0.15, 0.2) is 23.2 Å². The summed E-state index contributed by atoms with van der Waals surface area (Å²) >= 11 is 10.6. The van der Waals surface area contributed by atoms with Gasteiger partial charge >= 0.3 is 0 Å². The zero-order chi connectivity index (χ0) is 9.84. The molecular weight excluding hydrogens is 204 g/mol. The monoisotopic (exact) mass is 213 g/mol. The molecule has 0 aliphatic heterocycles. The smallest absolute Gasteiger partial charge is 0.102 e. The Morgan fingerprint density at radius 3 is 2.77 bits per heavy atom. The third kappa shape index (κ3) is 3.28. The molecule has 0 fully saturated rings. The van der Waals surface area contributed by atoms with Crippen LogP contribution in [0.3, 0.4) is 0 Å². The van der Waals surface area contributed by atoms with Crippen molar-refractivity contribution < 1.29 is 0 Å². The van der Waals surface area contributed by atoms with Crippen molar-refractivity contribution >= 4 is 36.4 Å². The van der Waals surface area contributed by atoms with Crippen molar-refractivity contribution in [3.63, 3.8) is 0 Å². The number of rotatable bonds is 2. The summed E-state index contributed by atoms with van der Waals surface area (Å²) in [4.78, 5) is 4.18. The number of aryl methyl sites for hydroxylation is 1. The summed E-state index contributed by atoms with van der Waals surface area (Å²) < 4.78 is 1.48. The second-order valence-corrected chi connectivity index (χ2v) is 3.73. The largest absolute Gasteiger partial charge is 0.299 e. The van der Waals surface area contributed by atoms with Gasteiger partial charge in [-0.25, -0.2) is 4.99 Å². The molecule has 1 aromatic carbocycles. The van der Waals surface area contributed by atoms with E-state index < -0.39 is 0 Å². The predicted molar refractivity (Wildman–Crippen MR) is 59.7 cm³/mol. The molecular formula is C9H10ClN2S. The molecule has 2 nitrogen and oxygen atoms in total. The third-order valence-electron chi connectivity index (χ3n) is 1.52. The average molecular weight is 214 g/mol. The van der Waals surface area contributed by atoms with Gasteiger partial charge in [-0.2, -0.15) is 0 Å². The highest BCUT2D eigenvalue weighted by atomic mass is 35.5. The lowest BCUT2D eigenvalue weighted by atomic mass is 10.2. The highest BCUT2D eigenvalue weighted by Crippen LogP contribution is 2.21. The maximum absolute atomic E-state index is 5.80. The van der Waals surface area contributed by atoms with Crippen molar-refractivity contribution in [1.82, 2.24) is 4.31 Å². The third-order valence-corrected chi connectivity index (χ3v) is 1.85. The van der Waals surface area contributed by atoms with Gasteiger partial charge in [0, 0.05) is 24.9 Å². The van der Waals surface area contributed by atoms with E-state index in [-0.39, 0.29) is 0 Å². The summed E-state index contributed by atoms with van der Waals surface area (Å²) in [6.07, 6.45) is 1.59. The molecule has 0 N–H and O–H groups in total. The minimum Gasteiger partial charge on any atom is -0.299 e. The van der Waals surface area contributed by atoms with Crippen molar-refractivity contribution in [1.29, 1.82) is 0 Å². The maximum Gasteiger partial charge on any atom is 0.102 e. The fourth-order valence-electron chi connectivity index (χ4n) is 0.907. The van der Waals surface area contributed by atoms with Crippen LogP contribution in [0.1, 0.15) is 5.56 Å². The standard InChI is InChI=1S/C9H10ClN2S/c1-7-5-8(10)3-4-9(7)11-6-12(2)13/h3-6H,1-2H3.